The Labute approximate surface area is 163 Å². The molecule has 4 rings (SSSR count). The van der Waals surface area contributed by atoms with Gasteiger partial charge in [0.2, 0.25) is 0 Å². The number of aliphatic hydroxyl groups is 1. The summed E-state index contributed by atoms with van der Waals surface area (Å²) in [5.41, 5.74) is 2.24. The summed E-state index contributed by atoms with van der Waals surface area (Å²) < 4.78 is 12.7. The molecule has 3 aromatic rings. The minimum Gasteiger partial charge on any atom is -0.390 e. The summed E-state index contributed by atoms with van der Waals surface area (Å²) in [5, 5.41) is 10.9. The van der Waals surface area contributed by atoms with E-state index < -0.39 is 6.10 Å². The number of hydrogen-bond acceptors (Lipinski definition) is 4. The molecule has 1 aromatic heterocycles. The second-order valence-electron chi connectivity index (χ2n) is 6.70. The largest absolute Gasteiger partial charge is 0.390 e. The lowest BCUT2D eigenvalue weighted by atomic mass is 10.1. The molecule has 1 fully saturated rings. The van der Waals surface area contributed by atoms with Gasteiger partial charge in [0.05, 0.1) is 22.6 Å². The molecule has 0 radical (unpaired) electrons. The molecule has 0 aliphatic carbocycles. The molecular formula is C23H22O3S. The fraction of sp³-hybridized carbons (Fsp3) is 0.304. The van der Waals surface area contributed by atoms with Gasteiger partial charge in [-0.05, 0) is 25.0 Å². The molecule has 0 unspecified atom stereocenters. The molecule has 0 spiro atoms. The number of fused-ring (bicyclic) bond motifs is 1. The van der Waals surface area contributed by atoms with Crippen molar-refractivity contribution in [1.82, 2.24) is 0 Å². The number of hydrogen-bond donors (Lipinski definition) is 1. The topological polar surface area (TPSA) is 38.7 Å². The van der Waals surface area contributed by atoms with Crippen molar-refractivity contribution in [2.24, 2.45) is 0 Å². The smallest absolute Gasteiger partial charge is 0.159 e. The van der Waals surface area contributed by atoms with Crippen LogP contribution in [0.3, 0.4) is 0 Å². The van der Waals surface area contributed by atoms with Crippen LogP contribution in [-0.4, -0.2) is 30.2 Å². The summed E-state index contributed by atoms with van der Waals surface area (Å²) in [6, 6.07) is 18.7. The summed E-state index contributed by atoms with van der Waals surface area (Å²) >= 11 is 1.77. The zero-order chi connectivity index (χ0) is 18.6. The van der Waals surface area contributed by atoms with Gasteiger partial charge in [-0.25, -0.2) is 0 Å². The lowest BCUT2D eigenvalue weighted by molar-refractivity contribution is -0.211. The third-order valence-electron chi connectivity index (χ3n) is 4.79. The van der Waals surface area contributed by atoms with E-state index in [1.54, 1.807) is 11.3 Å². The van der Waals surface area contributed by atoms with Gasteiger partial charge in [0, 0.05) is 16.5 Å². The molecule has 3 nitrogen and oxygen atoms in total. The van der Waals surface area contributed by atoms with E-state index in [4.69, 9.17) is 9.47 Å². The summed E-state index contributed by atoms with van der Waals surface area (Å²) in [6.07, 6.45) is 0.519. The Morgan fingerprint density at radius 1 is 1.11 bits per heavy atom. The Morgan fingerprint density at radius 2 is 1.89 bits per heavy atom. The van der Waals surface area contributed by atoms with Gasteiger partial charge in [0.25, 0.3) is 0 Å². The zero-order valence-electron chi connectivity index (χ0n) is 15.2. The predicted molar refractivity (Wildman–Crippen MR) is 110 cm³/mol. The minimum absolute atomic E-state index is 0.192. The summed E-state index contributed by atoms with van der Waals surface area (Å²) in [5.74, 6) is 6.48. The quantitative estimate of drug-likeness (QED) is 0.664. The van der Waals surface area contributed by atoms with Crippen molar-refractivity contribution in [3.05, 3.63) is 60.2 Å². The highest BCUT2D eigenvalue weighted by molar-refractivity contribution is 7.22. The van der Waals surface area contributed by atoms with Gasteiger partial charge in [-0.1, -0.05) is 60.4 Å². The lowest BCUT2D eigenvalue weighted by Gasteiger charge is -2.31. The molecule has 1 N–H and O–H groups in total. The second-order valence-corrected chi connectivity index (χ2v) is 7.75. The molecule has 2 aromatic carbocycles. The average Bonchev–Trinajstić information content (AvgIpc) is 3.07. The van der Waals surface area contributed by atoms with Crippen LogP contribution in [0, 0.1) is 11.8 Å². The van der Waals surface area contributed by atoms with Crippen LogP contribution in [0.4, 0.5) is 0 Å². The number of thiophene rings is 1. The van der Waals surface area contributed by atoms with Crippen molar-refractivity contribution in [2.75, 3.05) is 6.61 Å². The van der Waals surface area contributed by atoms with E-state index in [1.165, 1.54) is 20.5 Å². The number of ether oxygens (including phenoxy) is 2. The van der Waals surface area contributed by atoms with Gasteiger partial charge in [0.15, 0.2) is 6.29 Å². The Kier molecular flexibility index (Phi) is 5.56. The first kappa shape index (κ1) is 18.2. The number of benzene rings is 2. The first-order chi connectivity index (χ1) is 13.2. The van der Waals surface area contributed by atoms with E-state index in [-0.39, 0.29) is 12.4 Å². The highest BCUT2D eigenvalue weighted by Gasteiger charge is 2.26. The summed E-state index contributed by atoms with van der Waals surface area (Å²) in [6.45, 7) is 2.18. The standard InChI is InChI=1S/C23H22O3S/c1-16-20(24)13-14-22(26-16)25-15-7-11-19-18-10-5-6-12-21(18)27-23(19)17-8-3-2-4-9-17/h2-6,8-10,12,16,20,22,24H,13-15H2,1H3/t16-,20+,22+/m0/s1. The van der Waals surface area contributed by atoms with Crippen molar-refractivity contribution in [3.63, 3.8) is 0 Å². The predicted octanol–water partition coefficient (Wildman–Crippen LogP) is 4.82. The van der Waals surface area contributed by atoms with Gasteiger partial charge >= 0.3 is 0 Å². The van der Waals surface area contributed by atoms with Crippen molar-refractivity contribution < 1.29 is 14.6 Å². The summed E-state index contributed by atoms with van der Waals surface area (Å²) in [7, 11) is 0. The van der Waals surface area contributed by atoms with Gasteiger partial charge in [-0.2, -0.15) is 0 Å². The molecular weight excluding hydrogens is 356 g/mol. The molecule has 0 bridgehead atoms. The van der Waals surface area contributed by atoms with Crippen LogP contribution < -0.4 is 0 Å². The zero-order valence-corrected chi connectivity index (χ0v) is 16.0. The maximum Gasteiger partial charge on any atom is 0.159 e. The molecule has 1 aliphatic rings. The van der Waals surface area contributed by atoms with E-state index in [0.717, 1.165) is 5.56 Å². The van der Waals surface area contributed by atoms with E-state index in [0.29, 0.717) is 19.4 Å². The number of aliphatic hydroxyl groups excluding tert-OH is 1. The van der Waals surface area contributed by atoms with Crippen molar-refractivity contribution >= 4 is 21.4 Å². The fourth-order valence-corrected chi connectivity index (χ4v) is 4.45. The normalized spacial score (nSPS) is 22.4. The molecule has 3 atom stereocenters. The van der Waals surface area contributed by atoms with Crippen LogP contribution in [0.25, 0.3) is 20.5 Å². The van der Waals surface area contributed by atoms with E-state index in [9.17, 15) is 5.11 Å². The van der Waals surface area contributed by atoms with E-state index >= 15 is 0 Å². The minimum atomic E-state index is -0.401. The SMILES string of the molecule is C[C@@H]1O[C@@H](OCC#Cc2c(-c3ccccc3)sc3ccccc23)CC[C@H]1O. The Morgan fingerprint density at radius 3 is 2.70 bits per heavy atom. The molecule has 4 heteroatoms. The van der Waals surface area contributed by atoms with Crippen LogP contribution in [0.2, 0.25) is 0 Å². The van der Waals surface area contributed by atoms with Crippen molar-refractivity contribution in [3.8, 4) is 22.3 Å². The van der Waals surface area contributed by atoms with Gasteiger partial charge < -0.3 is 14.6 Å². The van der Waals surface area contributed by atoms with Gasteiger partial charge in [-0.3, -0.25) is 0 Å². The molecule has 0 amide bonds. The molecule has 1 aliphatic heterocycles. The second kappa shape index (κ2) is 8.24. The highest BCUT2D eigenvalue weighted by Crippen LogP contribution is 2.37. The molecule has 27 heavy (non-hydrogen) atoms. The monoisotopic (exact) mass is 378 g/mol. The average molecular weight is 378 g/mol. The maximum absolute atomic E-state index is 9.72. The molecule has 2 heterocycles. The van der Waals surface area contributed by atoms with Crippen LogP contribution in [0.1, 0.15) is 25.3 Å². The van der Waals surface area contributed by atoms with Crippen LogP contribution in [0.5, 0.6) is 0 Å². The van der Waals surface area contributed by atoms with Crippen LogP contribution in [0.15, 0.2) is 54.6 Å². The molecule has 0 saturated carbocycles. The Hall–Kier alpha value is -2.16. The van der Waals surface area contributed by atoms with Gasteiger partial charge in [0.1, 0.15) is 6.61 Å². The molecule has 138 valence electrons. The third-order valence-corrected chi connectivity index (χ3v) is 6.01. The van der Waals surface area contributed by atoms with Crippen LogP contribution >= 0.6 is 11.3 Å². The lowest BCUT2D eigenvalue weighted by Crippen LogP contribution is -2.37. The fourth-order valence-electron chi connectivity index (χ4n) is 3.28. The Balaban J connectivity index is 1.55. The summed E-state index contributed by atoms with van der Waals surface area (Å²) in [4.78, 5) is 1.19. The van der Waals surface area contributed by atoms with E-state index in [1.807, 2.05) is 19.1 Å². The first-order valence-corrected chi connectivity index (χ1v) is 10.0. The maximum atomic E-state index is 9.72. The third kappa shape index (κ3) is 4.07. The van der Waals surface area contributed by atoms with Crippen molar-refractivity contribution in [1.29, 1.82) is 0 Å². The van der Waals surface area contributed by atoms with Crippen LogP contribution in [-0.2, 0) is 9.47 Å². The Bertz CT molecular complexity index is 967. The van der Waals surface area contributed by atoms with Crippen molar-refractivity contribution in [2.45, 2.75) is 38.3 Å². The first-order valence-electron chi connectivity index (χ1n) is 9.23. The van der Waals surface area contributed by atoms with Gasteiger partial charge in [-0.15, -0.1) is 11.3 Å². The van der Waals surface area contributed by atoms with E-state index in [2.05, 4.69) is 54.3 Å². The molecule has 1 saturated heterocycles. The number of rotatable bonds is 3. The highest BCUT2D eigenvalue weighted by atomic mass is 32.1.